The van der Waals surface area contributed by atoms with Gasteiger partial charge >= 0.3 is 0 Å². The number of nitrogens with zero attached hydrogens (tertiary/aromatic N) is 2. The molecule has 0 N–H and O–H groups in total. The van der Waals surface area contributed by atoms with Gasteiger partial charge in [0.25, 0.3) is 5.69 Å². The molecule has 0 amide bonds. The van der Waals surface area contributed by atoms with Crippen LogP contribution in [0.25, 0.3) is 11.3 Å². The van der Waals surface area contributed by atoms with Crippen LogP contribution in [-0.2, 0) is 6.54 Å². The Balaban J connectivity index is 1.99. The van der Waals surface area contributed by atoms with Crippen LogP contribution < -0.4 is 9.79 Å². The third-order valence-corrected chi connectivity index (χ3v) is 3.17. The van der Waals surface area contributed by atoms with E-state index in [0.717, 1.165) is 16.7 Å². The molecule has 0 unspecified atom stereocenters. The Morgan fingerprint density at radius 2 is 1.75 bits per heavy atom. The van der Waals surface area contributed by atoms with Gasteiger partial charge in [-0.05, 0) is 19.1 Å². The molecule has 0 saturated carbocycles. The van der Waals surface area contributed by atoms with Crippen LogP contribution in [0.3, 0.4) is 0 Å². The van der Waals surface area contributed by atoms with Crippen molar-refractivity contribution in [2.75, 3.05) is 0 Å². The molecule has 0 atom stereocenters. The largest absolute Gasteiger partial charge is 0.539 e. The van der Waals surface area contributed by atoms with E-state index >= 15 is 0 Å². The summed E-state index contributed by atoms with van der Waals surface area (Å²) >= 11 is 0. The van der Waals surface area contributed by atoms with Crippen molar-refractivity contribution in [3.8, 4) is 17.2 Å². The highest BCUT2D eigenvalue weighted by Crippen LogP contribution is 2.23. The minimum absolute atomic E-state index is 0.412. The van der Waals surface area contributed by atoms with Gasteiger partial charge in [0, 0.05) is 5.56 Å². The highest BCUT2D eigenvalue weighted by atomic mass is 16.6. The summed E-state index contributed by atoms with van der Waals surface area (Å²) in [5.41, 5.74) is 3.51. The molecule has 0 bridgehead atoms. The molecule has 100 valence electrons. The van der Waals surface area contributed by atoms with E-state index in [1.54, 1.807) is 4.68 Å². The Kier molecular flexibility index (Phi) is 3.21. The predicted octanol–water partition coefficient (Wildman–Crippen LogP) is 2.06. The molecular weight excluding hydrogens is 252 g/mol. The average molecular weight is 266 g/mol. The van der Waals surface area contributed by atoms with E-state index in [9.17, 15) is 5.11 Å². The molecule has 0 aliphatic rings. The Labute approximate surface area is 116 Å². The van der Waals surface area contributed by atoms with E-state index in [-0.39, 0.29) is 0 Å². The standard InChI is InChI=1S/C16H14N2O2/c1-12-7-9-14(10-8-12)15-16(19)20-17-18(15)11-13-5-3-2-4-6-13/h2-10H,11H2,1H3. The maximum absolute atomic E-state index is 11.9. The van der Waals surface area contributed by atoms with Gasteiger partial charge in [0.2, 0.25) is 6.54 Å². The molecule has 4 heteroatoms. The minimum Gasteiger partial charge on any atom is -0.539 e. The Morgan fingerprint density at radius 3 is 2.45 bits per heavy atom. The van der Waals surface area contributed by atoms with E-state index in [0.29, 0.717) is 12.2 Å². The zero-order valence-corrected chi connectivity index (χ0v) is 11.1. The third-order valence-electron chi connectivity index (χ3n) is 3.17. The summed E-state index contributed by atoms with van der Waals surface area (Å²) in [6.45, 7) is 2.52. The van der Waals surface area contributed by atoms with Gasteiger partial charge in [-0.15, -0.1) is 0 Å². The molecule has 3 rings (SSSR count). The van der Waals surface area contributed by atoms with Crippen LogP contribution in [0.5, 0.6) is 5.95 Å². The molecule has 1 heterocycles. The van der Waals surface area contributed by atoms with Crippen molar-refractivity contribution < 1.29 is 14.3 Å². The smallest absolute Gasteiger partial charge is 0.264 e. The molecule has 4 nitrogen and oxygen atoms in total. The van der Waals surface area contributed by atoms with Crippen LogP contribution in [-0.4, -0.2) is 5.27 Å². The highest BCUT2D eigenvalue weighted by molar-refractivity contribution is 5.59. The monoisotopic (exact) mass is 266 g/mol. The second-order valence-corrected chi connectivity index (χ2v) is 4.72. The number of aryl methyl sites for hydroxylation is 1. The van der Waals surface area contributed by atoms with Crippen molar-refractivity contribution in [1.29, 1.82) is 0 Å². The lowest BCUT2D eigenvalue weighted by atomic mass is 10.1. The molecule has 3 aromatic rings. The van der Waals surface area contributed by atoms with Gasteiger partial charge in [-0.25, -0.2) is 0 Å². The molecule has 20 heavy (non-hydrogen) atoms. The van der Waals surface area contributed by atoms with Crippen LogP contribution in [0.4, 0.5) is 0 Å². The summed E-state index contributed by atoms with van der Waals surface area (Å²) < 4.78 is 6.41. The van der Waals surface area contributed by atoms with Crippen molar-refractivity contribution in [1.82, 2.24) is 5.27 Å². The van der Waals surface area contributed by atoms with Crippen LogP contribution in [0, 0.1) is 6.92 Å². The number of benzene rings is 2. The number of aromatic nitrogens is 2. The summed E-state index contributed by atoms with van der Waals surface area (Å²) in [6.07, 6.45) is 0. The van der Waals surface area contributed by atoms with Gasteiger partial charge in [-0.2, -0.15) is 0 Å². The predicted molar refractivity (Wildman–Crippen MR) is 71.9 cm³/mol. The lowest BCUT2D eigenvalue weighted by Gasteiger charge is -2.00. The fourth-order valence-corrected chi connectivity index (χ4v) is 2.12. The number of hydrogen-bond acceptors (Lipinski definition) is 3. The maximum Gasteiger partial charge on any atom is 0.264 e. The molecule has 0 aliphatic heterocycles. The fraction of sp³-hybridized carbons (Fsp3) is 0.125. The summed E-state index contributed by atoms with van der Waals surface area (Å²) in [4.78, 5) is 0. The molecule has 0 aliphatic carbocycles. The topological polar surface area (TPSA) is 53.0 Å². The summed E-state index contributed by atoms with van der Waals surface area (Å²) in [7, 11) is 0. The molecule has 2 aromatic carbocycles. The van der Waals surface area contributed by atoms with Crippen molar-refractivity contribution in [2.24, 2.45) is 0 Å². The first kappa shape index (κ1) is 12.4. The van der Waals surface area contributed by atoms with Gasteiger partial charge in [0.1, 0.15) is 0 Å². The minimum atomic E-state index is -0.412. The lowest BCUT2D eigenvalue weighted by molar-refractivity contribution is -0.745. The molecule has 0 radical (unpaired) electrons. The van der Waals surface area contributed by atoms with E-state index in [4.69, 9.17) is 4.52 Å². The Bertz CT molecular complexity index is 703. The average Bonchev–Trinajstić information content (AvgIpc) is 2.82. The summed E-state index contributed by atoms with van der Waals surface area (Å²) in [6, 6.07) is 17.6. The first-order valence-corrected chi connectivity index (χ1v) is 6.42. The van der Waals surface area contributed by atoms with E-state index in [2.05, 4.69) is 5.27 Å². The fourth-order valence-electron chi connectivity index (χ4n) is 2.12. The summed E-state index contributed by atoms with van der Waals surface area (Å²) in [5, 5.41) is 15.7. The van der Waals surface area contributed by atoms with Gasteiger partial charge in [0.15, 0.2) is 5.95 Å². The zero-order chi connectivity index (χ0) is 13.9. The normalized spacial score (nSPS) is 10.7. The zero-order valence-electron chi connectivity index (χ0n) is 11.1. The Morgan fingerprint density at radius 1 is 1.05 bits per heavy atom. The second-order valence-electron chi connectivity index (χ2n) is 4.72. The van der Waals surface area contributed by atoms with Crippen molar-refractivity contribution in [3.05, 3.63) is 65.7 Å². The maximum atomic E-state index is 11.9. The van der Waals surface area contributed by atoms with Crippen molar-refractivity contribution >= 4 is 0 Å². The molecule has 0 spiro atoms. The summed E-state index contributed by atoms with van der Waals surface area (Å²) in [5.74, 6) is -0.412. The van der Waals surface area contributed by atoms with Crippen LogP contribution in [0.2, 0.25) is 0 Å². The van der Waals surface area contributed by atoms with Gasteiger partial charge in [0.05, 0.1) is 10.8 Å². The van der Waals surface area contributed by atoms with E-state index < -0.39 is 5.95 Å². The van der Waals surface area contributed by atoms with Gasteiger partial charge < -0.3 is 9.63 Å². The van der Waals surface area contributed by atoms with Gasteiger partial charge in [-0.3, -0.25) is 0 Å². The number of rotatable bonds is 3. The van der Waals surface area contributed by atoms with Gasteiger partial charge in [-0.1, -0.05) is 52.7 Å². The van der Waals surface area contributed by atoms with Crippen molar-refractivity contribution in [3.63, 3.8) is 0 Å². The first-order chi connectivity index (χ1) is 9.74. The van der Waals surface area contributed by atoms with Crippen molar-refractivity contribution in [2.45, 2.75) is 13.5 Å². The SMILES string of the molecule is Cc1ccc(-c2c([O-])on[n+]2Cc2ccccc2)cc1. The van der Waals surface area contributed by atoms with Crippen LogP contribution in [0.1, 0.15) is 11.1 Å². The van der Waals surface area contributed by atoms with E-state index in [1.807, 2.05) is 61.5 Å². The number of hydrogen-bond donors (Lipinski definition) is 0. The second kappa shape index (κ2) is 5.17. The molecular formula is C16H14N2O2. The molecule has 1 aromatic heterocycles. The van der Waals surface area contributed by atoms with E-state index in [1.165, 1.54) is 0 Å². The third kappa shape index (κ3) is 2.40. The quantitative estimate of drug-likeness (QED) is 0.682. The molecule has 0 saturated heterocycles. The van der Waals surface area contributed by atoms with Crippen LogP contribution in [0.15, 0.2) is 59.1 Å². The Hall–Kier alpha value is -2.62. The molecule has 0 fully saturated rings. The first-order valence-electron chi connectivity index (χ1n) is 6.42. The highest BCUT2D eigenvalue weighted by Gasteiger charge is 2.19. The lowest BCUT2D eigenvalue weighted by Crippen LogP contribution is -2.38. The van der Waals surface area contributed by atoms with Crippen LogP contribution >= 0.6 is 0 Å².